The minimum Gasteiger partial charge on any atom is -0.314 e. The second-order valence-electron chi connectivity index (χ2n) is 3.03. The first kappa shape index (κ1) is 9.44. The molecule has 0 aromatic rings. The summed E-state index contributed by atoms with van der Waals surface area (Å²) in [5, 5.41) is 4.36. The number of hydrogen-bond acceptors (Lipinski definition) is 4. The van der Waals surface area contributed by atoms with Crippen molar-refractivity contribution in [1.29, 1.82) is 0 Å². The lowest BCUT2D eigenvalue weighted by Gasteiger charge is -2.27. The lowest BCUT2D eigenvalue weighted by Crippen LogP contribution is -2.48. The summed E-state index contributed by atoms with van der Waals surface area (Å²) >= 11 is 0. The normalized spacial score (nSPS) is 19.2. The van der Waals surface area contributed by atoms with E-state index in [0.29, 0.717) is 6.54 Å². The predicted molar refractivity (Wildman–Crippen MR) is 46.3 cm³/mol. The maximum atomic E-state index is 11.1. The Balaban J connectivity index is 2.24. The first-order valence-electron chi connectivity index (χ1n) is 4.14. The average molecular weight is 172 g/mol. The molecule has 1 fully saturated rings. The molecule has 5 nitrogen and oxygen atoms in total. The molecular weight excluding hydrogens is 156 g/mol. The van der Waals surface area contributed by atoms with Crippen LogP contribution in [0.3, 0.4) is 0 Å². The Kier molecular flexibility index (Phi) is 3.46. The van der Waals surface area contributed by atoms with Gasteiger partial charge in [-0.25, -0.2) is 5.84 Å². The zero-order valence-corrected chi connectivity index (χ0v) is 7.42. The monoisotopic (exact) mass is 172 g/mol. The Morgan fingerprint density at radius 1 is 1.58 bits per heavy atom. The van der Waals surface area contributed by atoms with Gasteiger partial charge in [-0.15, -0.1) is 0 Å². The van der Waals surface area contributed by atoms with Crippen LogP contribution >= 0.6 is 0 Å². The molecule has 1 aliphatic rings. The molecule has 3 N–H and O–H groups in total. The van der Waals surface area contributed by atoms with Crippen LogP contribution in [0.25, 0.3) is 0 Å². The number of nitrogens with two attached hydrogens (primary N) is 1. The van der Waals surface area contributed by atoms with Gasteiger partial charge >= 0.3 is 0 Å². The van der Waals surface area contributed by atoms with Gasteiger partial charge in [0.05, 0.1) is 6.54 Å². The van der Waals surface area contributed by atoms with Gasteiger partial charge in [-0.2, -0.15) is 0 Å². The lowest BCUT2D eigenvalue weighted by atomic mass is 10.3. The van der Waals surface area contributed by atoms with E-state index in [-0.39, 0.29) is 5.91 Å². The largest absolute Gasteiger partial charge is 0.314 e. The zero-order chi connectivity index (χ0) is 8.97. The molecule has 0 spiro atoms. The molecule has 12 heavy (non-hydrogen) atoms. The molecule has 5 heteroatoms. The highest BCUT2D eigenvalue weighted by Gasteiger charge is 2.14. The molecule has 0 atom stereocenters. The van der Waals surface area contributed by atoms with Crippen LogP contribution in [0.4, 0.5) is 0 Å². The maximum Gasteiger partial charge on any atom is 0.250 e. The number of likely N-dealkylation sites (N-methyl/N-ethyl adjacent to an activating group) is 1. The van der Waals surface area contributed by atoms with E-state index in [0.717, 1.165) is 31.2 Å². The van der Waals surface area contributed by atoms with Gasteiger partial charge < -0.3 is 5.32 Å². The van der Waals surface area contributed by atoms with Crippen LogP contribution in [0, 0.1) is 0 Å². The molecule has 0 saturated carbocycles. The van der Waals surface area contributed by atoms with Gasteiger partial charge in [0, 0.05) is 33.2 Å². The molecule has 70 valence electrons. The third-order valence-electron chi connectivity index (χ3n) is 1.96. The molecule has 1 amide bonds. The SMILES string of the molecule is CN(N)C(=O)CN1CCNCC1. The van der Waals surface area contributed by atoms with Crippen LogP contribution in [-0.2, 0) is 4.79 Å². The van der Waals surface area contributed by atoms with Crippen molar-refractivity contribution >= 4 is 5.91 Å². The fourth-order valence-electron chi connectivity index (χ4n) is 1.17. The third-order valence-corrected chi connectivity index (χ3v) is 1.96. The van der Waals surface area contributed by atoms with E-state index in [1.807, 2.05) is 0 Å². The fraction of sp³-hybridized carbons (Fsp3) is 0.857. The topological polar surface area (TPSA) is 61.6 Å². The van der Waals surface area contributed by atoms with E-state index in [1.54, 1.807) is 7.05 Å². The van der Waals surface area contributed by atoms with Gasteiger partial charge in [-0.05, 0) is 0 Å². The maximum absolute atomic E-state index is 11.1. The van der Waals surface area contributed by atoms with E-state index in [9.17, 15) is 4.79 Å². The number of carbonyl (C=O) groups excluding carboxylic acids is 1. The molecule has 1 saturated heterocycles. The smallest absolute Gasteiger partial charge is 0.250 e. The molecule has 0 radical (unpaired) electrons. The highest BCUT2D eigenvalue weighted by molar-refractivity contribution is 5.77. The van der Waals surface area contributed by atoms with Crippen molar-refractivity contribution in [1.82, 2.24) is 15.2 Å². The minimum absolute atomic E-state index is 0.0306. The van der Waals surface area contributed by atoms with Gasteiger partial charge in [-0.1, -0.05) is 0 Å². The van der Waals surface area contributed by atoms with Crippen molar-refractivity contribution < 1.29 is 4.79 Å². The molecule has 1 heterocycles. The van der Waals surface area contributed by atoms with Gasteiger partial charge in [0.1, 0.15) is 0 Å². The first-order chi connectivity index (χ1) is 5.70. The summed E-state index contributed by atoms with van der Waals surface area (Å²) in [6.07, 6.45) is 0. The summed E-state index contributed by atoms with van der Waals surface area (Å²) < 4.78 is 0. The van der Waals surface area contributed by atoms with E-state index < -0.39 is 0 Å². The van der Waals surface area contributed by atoms with Crippen molar-refractivity contribution in [3.63, 3.8) is 0 Å². The molecule has 1 aliphatic heterocycles. The standard InChI is InChI=1S/C7H16N4O/c1-10(8)7(12)6-11-4-2-9-3-5-11/h9H,2-6,8H2,1H3. The zero-order valence-electron chi connectivity index (χ0n) is 7.42. The number of rotatable bonds is 2. The first-order valence-corrected chi connectivity index (χ1v) is 4.14. The number of hydrazine groups is 1. The number of amides is 1. The van der Waals surface area contributed by atoms with Crippen LogP contribution in [-0.4, -0.2) is 55.6 Å². The van der Waals surface area contributed by atoms with Gasteiger partial charge in [0.15, 0.2) is 0 Å². The number of piperazine rings is 1. The Labute approximate surface area is 72.5 Å². The molecular formula is C7H16N4O. The van der Waals surface area contributed by atoms with Gasteiger partial charge in [0.2, 0.25) is 5.91 Å². The Hall–Kier alpha value is -0.650. The molecule has 0 aromatic carbocycles. The lowest BCUT2D eigenvalue weighted by molar-refractivity contribution is -0.131. The highest BCUT2D eigenvalue weighted by atomic mass is 16.2. The Morgan fingerprint density at radius 3 is 2.67 bits per heavy atom. The van der Waals surface area contributed by atoms with Crippen molar-refractivity contribution in [2.45, 2.75) is 0 Å². The minimum atomic E-state index is -0.0306. The molecule has 1 rings (SSSR count). The van der Waals surface area contributed by atoms with Gasteiger partial charge in [-0.3, -0.25) is 14.7 Å². The predicted octanol–water partition coefficient (Wildman–Crippen LogP) is -1.78. The molecule has 0 bridgehead atoms. The van der Waals surface area contributed by atoms with Crippen molar-refractivity contribution in [2.24, 2.45) is 5.84 Å². The van der Waals surface area contributed by atoms with Crippen LogP contribution < -0.4 is 11.2 Å². The second-order valence-corrected chi connectivity index (χ2v) is 3.03. The van der Waals surface area contributed by atoms with Crippen LogP contribution in [0.1, 0.15) is 0 Å². The summed E-state index contributed by atoms with van der Waals surface area (Å²) in [5.74, 6) is 5.26. The molecule has 0 aliphatic carbocycles. The van der Waals surface area contributed by atoms with E-state index in [4.69, 9.17) is 5.84 Å². The molecule has 0 aromatic heterocycles. The highest BCUT2D eigenvalue weighted by Crippen LogP contribution is 1.92. The summed E-state index contributed by atoms with van der Waals surface area (Å²) in [5.41, 5.74) is 0. The molecule has 0 unspecified atom stereocenters. The summed E-state index contributed by atoms with van der Waals surface area (Å²) in [6, 6.07) is 0. The number of carbonyl (C=O) groups is 1. The van der Waals surface area contributed by atoms with E-state index in [1.165, 1.54) is 0 Å². The van der Waals surface area contributed by atoms with Crippen molar-refractivity contribution in [2.75, 3.05) is 39.8 Å². The summed E-state index contributed by atoms with van der Waals surface area (Å²) in [7, 11) is 1.57. The van der Waals surface area contributed by atoms with Crippen molar-refractivity contribution in [3.8, 4) is 0 Å². The van der Waals surface area contributed by atoms with Crippen LogP contribution in [0.5, 0.6) is 0 Å². The Bertz CT molecular complexity index is 153. The fourth-order valence-corrected chi connectivity index (χ4v) is 1.17. The third kappa shape index (κ3) is 2.77. The quantitative estimate of drug-likeness (QED) is 0.294. The van der Waals surface area contributed by atoms with Crippen molar-refractivity contribution in [3.05, 3.63) is 0 Å². The summed E-state index contributed by atoms with van der Waals surface area (Å²) in [4.78, 5) is 13.2. The van der Waals surface area contributed by atoms with Crippen LogP contribution in [0.15, 0.2) is 0 Å². The number of nitrogens with one attached hydrogen (secondary N) is 1. The van der Waals surface area contributed by atoms with E-state index in [2.05, 4.69) is 10.2 Å². The number of hydrogen-bond donors (Lipinski definition) is 2. The van der Waals surface area contributed by atoms with E-state index >= 15 is 0 Å². The second kappa shape index (κ2) is 4.39. The summed E-state index contributed by atoms with van der Waals surface area (Å²) in [6.45, 7) is 4.22. The van der Waals surface area contributed by atoms with Crippen LogP contribution in [0.2, 0.25) is 0 Å². The average Bonchev–Trinajstić information content (AvgIpc) is 2.06. The van der Waals surface area contributed by atoms with Gasteiger partial charge in [0.25, 0.3) is 0 Å². The number of nitrogens with zero attached hydrogens (tertiary/aromatic N) is 2. The Morgan fingerprint density at radius 2 is 2.17 bits per heavy atom.